The number of nitrogens with zero attached hydrogens (tertiary/aromatic N) is 1. The number of rotatable bonds is 5. The van der Waals surface area contributed by atoms with Crippen molar-refractivity contribution >= 4 is 23.9 Å². The Kier molecular flexibility index (Phi) is 7.12. The first kappa shape index (κ1) is 23.0. The summed E-state index contributed by atoms with van der Waals surface area (Å²) in [6, 6.07) is 6.79. The Morgan fingerprint density at radius 2 is 1.79 bits per heavy atom. The van der Waals surface area contributed by atoms with Gasteiger partial charge in [0.05, 0.1) is 6.42 Å². The normalized spacial score (nSPS) is 29.5. The molecule has 1 aromatic carbocycles. The number of amides is 3. The monoisotopic (exact) mass is 459 g/mol. The smallest absolute Gasteiger partial charge is 0.408 e. The molecular formula is C23H29N3O7. The Morgan fingerprint density at radius 3 is 2.48 bits per heavy atom. The molecule has 10 nitrogen and oxygen atoms in total. The van der Waals surface area contributed by atoms with Crippen molar-refractivity contribution in [1.29, 1.82) is 0 Å². The zero-order valence-electron chi connectivity index (χ0n) is 18.3. The maximum absolute atomic E-state index is 13.4. The molecule has 0 spiro atoms. The molecule has 33 heavy (non-hydrogen) atoms. The first-order valence-corrected chi connectivity index (χ1v) is 11.4. The van der Waals surface area contributed by atoms with Gasteiger partial charge in [0.25, 0.3) is 0 Å². The lowest BCUT2D eigenvalue weighted by Crippen LogP contribution is -2.60. The molecule has 1 aromatic rings. The van der Waals surface area contributed by atoms with Gasteiger partial charge < -0.3 is 30.1 Å². The second-order valence-corrected chi connectivity index (χ2v) is 8.74. The average Bonchev–Trinajstić information content (AvgIpc) is 3.03. The van der Waals surface area contributed by atoms with Crippen LogP contribution in [0.25, 0.3) is 0 Å². The zero-order valence-corrected chi connectivity index (χ0v) is 18.3. The van der Waals surface area contributed by atoms with Gasteiger partial charge >= 0.3 is 12.1 Å². The highest BCUT2D eigenvalue weighted by molar-refractivity contribution is 5.92. The number of aliphatic hydroxyl groups is 1. The molecule has 0 bridgehead atoms. The van der Waals surface area contributed by atoms with Gasteiger partial charge in [0, 0.05) is 6.04 Å². The van der Waals surface area contributed by atoms with Crippen LogP contribution < -0.4 is 10.6 Å². The highest BCUT2D eigenvalue weighted by atomic mass is 16.6. The van der Waals surface area contributed by atoms with E-state index in [0.29, 0.717) is 12.8 Å². The van der Waals surface area contributed by atoms with E-state index in [1.807, 2.05) is 30.3 Å². The summed E-state index contributed by atoms with van der Waals surface area (Å²) in [4.78, 5) is 51.7. The number of cyclic esters (lactones) is 1. The number of piperidine rings is 1. The number of ether oxygens (including phenoxy) is 2. The minimum atomic E-state index is -1.39. The molecule has 4 rings (SSSR count). The number of hydrogen-bond acceptors (Lipinski definition) is 7. The molecular weight excluding hydrogens is 430 g/mol. The van der Waals surface area contributed by atoms with Gasteiger partial charge in [0.1, 0.15) is 24.7 Å². The van der Waals surface area contributed by atoms with E-state index in [2.05, 4.69) is 15.4 Å². The summed E-state index contributed by atoms with van der Waals surface area (Å²) in [5, 5.41) is 15.1. The van der Waals surface area contributed by atoms with Crippen molar-refractivity contribution in [2.75, 3.05) is 0 Å². The number of carbonyl (C=O) groups is 4. The van der Waals surface area contributed by atoms with Gasteiger partial charge in [-0.3, -0.25) is 14.4 Å². The molecule has 3 heterocycles. The van der Waals surface area contributed by atoms with E-state index in [9.17, 15) is 24.3 Å². The molecule has 0 aromatic heterocycles. The fourth-order valence-electron chi connectivity index (χ4n) is 4.80. The third-order valence-electron chi connectivity index (χ3n) is 6.44. The number of nitrogens with one attached hydrogen (secondary N) is 2. The molecule has 2 unspecified atom stereocenters. The van der Waals surface area contributed by atoms with Crippen molar-refractivity contribution in [2.45, 2.75) is 82.0 Å². The van der Waals surface area contributed by atoms with Crippen LogP contribution in [0.3, 0.4) is 0 Å². The van der Waals surface area contributed by atoms with Crippen LogP contribution >= 0.6 is 0 Å². The van der Waals surface area contributed by atoms with Gasteiger partial charge in [-0.2, -0.15) is 0 Å². The summed E-state index contributed by atoms with van der Waals surface area (Å²) in [7, 11) is 0. The number of fused-ring (bicyclic) bond motifs is 1. The van der Waals surface area contributed by atoms with E-state index in [4.69, 9.17) is 4.74 Å². The number of aliphatic hydroxyl groups excluding tert-OH is 1. The van der Waals surface area contributed by atoms with Crippen molar-refractivity contribution < 1.29 is 33.8 Å². The van der Waals surface area contributed by atoms with Crippen LogP contribution in [0.4, 0.5) is 4.79 Å². The van der Waals surface area contributed by atoms with Crippen molar-refractivity contribution in [3.8, 4) is 0 Å². The van der Waals surface area contributed by atoms with Gasteiger partial charge in [0.15, 0.2) is 0 Å². The second-order valence-electron chi connectivity index (χ2n) is 8.74. The number of alkyl carbamates (subject to hydrolysis) is 1. The predicted molar refractivity (Wildman–Crippen MR) is 114 cm³/mol. The molecule has 0 radical (unpaired) electrons. The molecule has 5 atom stereocenters. The molecule has 3 fully saturated rings. The third-order valence-corrected chi connectivity index (χ3v) is 6.44. The molecule has 3 aliphatic rings. The molecule has 3 amide bonds. The number of hydrogen-bond donors (Lipinski definition) is 3. The summed E-state index contributed by atoms with van der Waals surface area (Å²) in [5.74, 6) is -1.32. The Balaban J connectivity index is 1.40. The Bertz CT molecular complexity index is 893. The number of esters is 1. The second kappa shape index (κ2) is 10.2. The lowest BCUT2D eigenvalue weighted by molar-refractivity contribution is -0.156. The van der Waals surface area contributed by atoms with Crippen LogP contribution in [0.1, 0.15) is 50.5 Å². The standard InChI is InChI=1S/C23H29N3O7/c27-19-12-17(22(30)33-19)24-20(28)18-11-5-9-15-8-4-10-16(21(29)26(15)18)25-23(31)32-13-14-6-2-1-3-7-14/h1-3,6-7,15-18,22,30H,4-5,8-13H2,(H,24,28)(H,25,31)/t15-,16-,17?,18-,22?/m0/s1. The summed E-state index contributed by atoms with van der Waals surface area (Å²) in [6.07, 6.45) is 1.78. The summed E-state index contributed by atoms with van der Waals surface area (Å²) >= 11 is 0. The lowest BCUT2D eigenvalue weighted by Gasteiger charge is -2.41. The largest absolute Gasteiger partial charge is 0.445 e. The average molecular weight is 459 g/mol. The third kappa shape index (κ3) is 5.44. The molecule has 3 aliphatic heterocycles. The minimum absolute atomic E-state index is 0.0927. The molecule has 0 saturated carbocycles. The highest BCUT2D eigenvalue weighted by Crippen LogP contribution is 2.31. The van der Waals surface area contributed by atoms with E-state index in [1.54, 1.807) is 4.90 Å². The van der Waals surface area contributed by atoms with Crippen molar-refractivity contribution in [1.82, 2.24) is 15.5 Å². The van der Waals surface area contributed by atoms with Crippen LogP contribution in [0.2, 0.25) is 0 Å². The molecule has 0 aliphatic carbocycles. The summed E-state index contributed by atoms with van der Waals surface area (Å²) in [6.45, 7) is 0.0927. The molecule has 3 saturated heterocycles. The topological polar surface area (TPSA) is 134 Å². The van der Waals surface area contributed by atoms with Gasteiger partial charge in [0.2, 0.25) is 18.1 Å². The lowest BCUT2D eigenvalue weighted by atomic mass is 9.92. The van der Waals surface area contributed by atoms with Crippen LogP contribution in [-0.4, -0.2) is 64.3 Å². The molecule has 10 heteroatoms. The van der Waals surface area contributed by atoms with Gasteiger partial charge in [-0.1, -0.05) is 30.3 Å². The van der Waals surface area contributed by atoms with Crippen molar-refractivity contribution in [2.24, 2.45) is 0 Å². The first-order valence-electron chi connectivity index (χ1n) is 11.4. The molecule has 3 N–H and O–H groups in total. The van der Waals surface area contributed by atoms with Crippen LogP contribution in [0.15, 0.2) is 30.3 Å². The summed E-state index contributed by atoms with van der Waals surface area (Å²) in [5.41, 5.74) is 0.837. The minimum Gasteiger partial charge on any atom is -0.445 e. The predicted octanol–water partition coefficient (Wildman–Crippen LogP) is 0.965. The van der Waals surface area contributed by atoms with E-state index < -0.39 is 42.4 Å². The fourth-order valence-corrected chi connectivity index (χ4v) is 4.80. The maximum atomic E-state index is 13.4. The number of carbonyl (C=O) groups excluding carboxylic acids is 4. The maximum Gasteiger partial charge on any atom is 0.408 e. The van der Waals surface area contributed by atoms with Crippen molar-refractivity contribution in [3.05, 3.63) is 35.9 Å². The van der Waals surface area contributed by atoms with E-state index >= 15 is 0 Å². The Morgan fingerprint density at radius 1 is 1.06 bits per heavy atom. The van der Waals surface area contributed by atoms with Crippen LogP contribution in [0.5, 0.6) is 0 Å². The van der Waals surface area contributed by atoms with Gasteiger partial charge in [-0.25, -0.2) is 4.79 Å². The van der Waals surface area contributed by atoms with E-state index in [1.165, 1.54) is 0 Å². The molecule has 178 valence electrons. The zero-order chi connectivity index (χ0) is 23.4. The number of benzene rings is 1. The highest BCUT2D eigenvalue weighted by Gasteiger charge is 2.44. The van der Waals surface area contributed by atoms with Crippen LogP contribution in [-0.2, 0) is 30.5 Å². The Labute approximate surface area is 191 Å². The first-order chi connectivity index (χ1) is 15.9. The van der Waals surface area contributed by atoms with Crippen molar-refractivity contribution in [3.63, 3.8) is 0 Å². The SMILES string of the molecule is O=C1CC(NC(=O)[C@@H]2CCC[C@@H]3CCC[C@H](NC(=O)OCc4ccccc4)C(=O)N32)C(O)O1. The quantitative estimate of drug-likeness (QED) is 0.559. The van der Waals surface area contributed by atoms with Crippen LogP contribution in [0, 0.1) is 0 Å². The van der Waals surface area contributed by atoms with E-state index in [0.717, 1.165) is 31.2 Å². The Hall–Kier alpha value is -3.14. The summed E-state index contributed by atoms with van der Waals surface area (Å²) < 4.78 is 9.95. The fraction of sp³-hybridized carbons (Fsp3) is 0.565. The van der Waals surface area contributed by atoms with Gasteiger partial charge in [-0.15, -0.1) is 0 Å². The van der Waals surface area contributed by atoms with E-state index in [-0.39, 0.29) is 25.0 Å². The van der Waals surface area contributed by atoms with Gasteiger partial charge in [-0.05, 0) is 44.1 Å².